The Kier molecular flexibility index (Phi) is 4.17. The van der Waals surface area contributed by atoms with Gasteiger partial charge in [-0.25, -0.2) is 20.1 Å². The van der Waals surface area contributed by atoms with Crippen LogP contribution in [0.25, 0.3) is 0 Å². The number of methoxy groups -OCH3 is 1. The van der Waals surface area contributed by atoms with Crippen molar-refractivity contribution in [1.29, 1.82) is 5.53 Å². The van der Waals surface area contributed by atoms with Crippen LogP contribution >= 0.6 is 0 Å². The van der Waals surface area contributed by atoms with Gasteiger partial charge in [0.05, 0.1) is 12.7 Å². The van der Waals surface area contributed by atoms with Crippen LogP contribution in [0, 0.1) is 18.4 Å². The van der Waals surface area contributed by atoms with E-state index in [9.17, 15) is 14.4 Å². The Morgan fingerprint density at radius 3 is 2.89 bits per heavy atom. The van der Waals surface area contributed by atoms with Crippen LogP contribution in [-0.2, 0) is 20.8 Å². The Morgan fingerprint density at radius 1 is 1.39 bits per heavy atom. The van der Waals surface area contributed by atoms with E-state index in [0.717, 1.165) is 13.5 Å². The molecule has 10 nitrogen and oxygen atoms in total. The van der Waals surface area contributed by atoms with E-state index in [1.807, 2.05) is 0 Å². The van der Waals surface area contributed by atoms with Gasteiger partial charge in [-0.05, 0) is 43.4 Å². The van der Waals surface area contributed by atoms with Gasteiger partial charge in [0, 0.05) is 17.9 Å². The highest BCUT2D eigenvalue weighted by Gasteiger charge is 2.50. The first-order chi connectivity index (χ1) is 13.5. The Bertz CT molecular complexity index is 1030. The highest BCUT2D eigenvalue weighted by atomic mass is 16.7. The summed E-state index contributed by atoms with van der Waals surface area (Å²) < 4.78 is 6.36. The molecular weight excluding hydrogens is 366 g/mol. The summed E-state index contributed by atoms with van der Waals surface area (Å²) in [6.07, 6.45) is 3.02. The van der Waals surface area contributed by atoms with Gasteiger partial charge in [-0.2, -0.15) is 10.6 Å². The number of pyridine rings is 1. The van der Waals surface area contributed by atoms with E-state index >= 15 is 0 Å². The van der Waals surface area contributed by atoms with Crippen molar-refractivity contribution in [2.24, 2.45) is 11.0 Å². The van der Waals surface area contributed by atoms with Crippen LogP contribution in [0.2, 0.25) is 0 Å². The minimum absolute atomic E-state index is 0.117. The second-order valence-corrected chi connectivity index (χ2v) is 6.73. The molecule has 28 heavy (non-hydrogen) atoms. The molecule has 144 valence electrons. The molecule has 2 aromatic heterocycles. The zero-order valence-corrected chi connectivity index (χ0v) is 15.2. The summed E-state index contributed by atoms with van der Waals surface area (Å²) >= 11 is 0. The van der Waals surface area contributed by atoms with Crippen molar-refractivity contribution in [3.05, 3.63) is 40.8 Å². The second-order valence-electron chi connectivity index (χ2n) is 6.73. The molecule has 2 atom stereocenters. The number of fused-ring (bicyclic) bond motifs is 3. The monoisotopic (exact) mass is 383 g/mol. The number of carbonyl (C=O) groups is 3. The predicted octanol–water partition coefficient (Wildman–Crippen LogP) is 2.51. The van der Waals surface area contributed by atoms with Crippen molar-refractivity contribution < 1.29 is 24.0 Å². The average Bonchev–Trinajstić information content (AvgIpc) is 3.29. The van der Waals surface area contributed by atoms with Gasteiger partial charge in [0.25, 0.3) is 5.78 Å². The molecule has 1 unspecified atom stereocenters. The van der Waals surface area contributed by atoms with Gasteiger partial charge in [-0.15, -0.1) is 0 Å². The molecule has 0 spiro atoms. The third kappa shape index (κ3) is 2.65. The topological polar surface area (TPSA) is 136 Å². The maximum atomic E-state index is 12.8. The van der Waals surface area contributed by atoms with Crippen LogP contribution in [0.1, 0.15) is 44.6 Å². The lowest BCUT2D eigenvalue weighted by molar-refractivity contribution is -0.135. The molecule has 3 heterocycles. The molecule has 0 saturated heterocycles. The average molecular weight is 383 g/mol. The number of ketones is 1. The van der Waals surface area contributed by atoms with E-state index in [1.54, 1.807) is 17.6 Å². The van der Waals surface area contributed by atoms with E-state index in [4.69, 9.17) is 10.4 Å². The smallest absolute Gasteiger partial charge is 0.379 e. The molecule has 0 bridgehead atoms. The van der Waals surface area contributed by atoms with Crippen LogP contribution in [0.5, 0.6) is 0 Å². The van der Waals surface area contributed by atoms with Crippen molar-refractivity contribution in [2.75, 3.05) is 12.6 Å². The van der Waals surface area contributed by atoms with Gasteiger partial charge in [0.1, 0.15) is 11.4 Å². The number of rotatable bonds is 6. The number of ether oxygens (including phenoxy) is 1. The molecule has 0 radical (unpaired) electrons. The number of anilines is 1. The lowest BCUT2D eigenvalue weighted by Crippen LogP contribution is -2.18. The van der Waals surface area contributed by atoms with Gasteiger partial charge < -0.3 is 14.1 Å². The number of hydrogen-bond acceptors (Lipinski definition) is 9. The first-order valence-electron chi connectivity index (χ1n) is 8.63. The minimum Gasteiger partial charge on any atom is -0.463 e. The summed E-state index contributed by atoms with van der Waals surface area (Å²) in [5.41, 5.74) is 11.2. The quantitative estimate of drug-likeness (QED) is 0.257. The standard InChI is InChI=1S/C18H17N5O5/c1-8-13(15(24)18(26)27-2)12-7-9-6-11(9)23(12)14(8)17(25)28-22-16-10(21-19)4-3-5-20-16/h3-5,9,11,19H,6-7H2,1-2H3,(H,20,22)/t9-,11?/m1/s1. The first-order valence-corrected chi connectivity index (χ1v) is 8.63. The van der Waals surface area contributed by atoms with E-state index in [2.05, 4.69) is 20.3 Å². The zero-order chi connectivity index (χ0) is 20.0. The summed E-state index contributed by atoms with van der Waals surface area (Å²) in [4.78, 5) is 46.2. The molecule has 0 amide bonds. The van der Waals surface area contributed by atoms with Crippen LogP contribution in [-0.4, -0.2) is 34.4 Å². The number of Topliss-reactive ketones (excluding diaryl/α,β-unsaturated/α-hetero) is 1. The molecule has 1 fully saturated rings. The van der Waals surface area contributed by atoms with Gasteiger partial charge >= 0.3 is 11.9 Å². The molecule has 2 N–H and O–H groups in total. The predicted molar refractivity (Wildman–Crippen MR) is 94.4 cm³/mol. The SMILES string of the molecule is COC(=O)C(=O)c1c(C)c(C(=O)ONc2ncccc2N=N)n2c1C[C@H]1CC12. The van der Waals surface area contributed by atoms with Gasteiger partial charge in [-0.3, -0.25) is 4.79 Å². The van der Waals surface area contributed by atoms with Crippen molar-refractivity contribution in [1.82, 2.24) is 9.55 Å². The molecule has 0 aromatic carbocycles. The summed E-state index contributed by atoms with van der Waals surface area (Å²) in [5.74, 6) is -1.96. The fourth-order valence-electron chi connectivity index (χ4n) is 3.81. The van der Waals surface area contributed by atoms with Gasteiger partial charge in [0.15, 0.2) is 5.82 Å². The second kappa shape index (κ2) is 6.55. The molecule has 1 aliphatic carbocycles. The number of nitrogens with one attached hydrogen (secondary N) is 2. The summed E-state index contributed by atoms with van der Waals surface area (Å²) in [7, 11) is 1.14. The van der Waals surface area contributed by atoms with Gasteiger partial charge in [-0.1, -0.05) is 0 Å². The fourth-order valence-corrected chi connectivity index (χ4v) is 3.81. The van der Waals surface area contributed by atoms with E-state index in [0.29, 0.717) is 23.6 Å². The lowest BCUT2D eigenvalue weighted by Gasteiger charge is -2.10. The third-order valence-corrected chi connectivity index (χ3v) is 5.16. The zero-order valence-electron chi connectivity index (χ0n) is 15.2. The molecule has 4 rings (SSSR count). The molecule has 1 aliphatic heterocycles. The number of aromatic nitrogens is 2. The third-order valence-electron chi connectivity index (χ3n) is 5.16. The fraction of sp³-hybridized carbons (Fsp3) is 0.333. The number of nitrogens with zero attached hydrogens (tertiary/aromatic N) is 3. The minimum atomic E-state index is -0.967. The van der Waals surface area contributed by atoms with Crippen molar-refractivity contribution >= 4 is 29.2 Å². The molecule has 2 aliphatic rings. The summed E-state index contributed by atoms with van der Waals surface area (Å²) in [6.45, 7) is 1.61. The number of hydrogen-bond donors (Lipinski definition) is 2. The van der Waals surface area contributed by atoms with Gasteiger partial charge in [0.2, 0.25) is 0 Å². The van der Waals surface area contributed by atoms with Crippen LogP contribution < -0.4 is 5.48 Å². The maximum Gasteiger partial charge on any atom is 0.379 e. The van der Waals surface area contributed by atoms with E-state index < -0.39 is 17.7 Å². The van der Waals surface area contributed by atoms with Crippen molar-refractivity contribution in [3.8, 4) is 0 Å². The van der Waals surface area contributed by atoms with Crippen molar-refractivity contribution in [3.63, 3.8) is 0 Å². The molecule has 2 aromatic rings. The Balaban J connectivity index is 1.66. The number of esters is 1. The highest BCUT2D eigenvalue weighted by Crippen LogP contribution is 2.54. The van der Waals surface area contributed by atoms with E-state index in [-0.39, 0.29) is 28.8 Å². The van der Waals surface area contributed by atoms with Crippen LogP contribution in [0.15, 0.2) is 23.4 Å². The Labute approximate surface area is 159 Å². The van der Waals surface area contributed by atoms with E-state index in [1.165, 1.54) is 12.3 Å². The normalized spacial score (nSPS) is 18.6. The Hall–Kier alpha value is -3.56. The van der Waals surface area contributed by atoms with Crippen LogP contribution in [0.4, 0.5) is 11.5 Å². The lowest BCUT2D eigenvalue weighted by atomic mass is 10.0. The molecule has 10 heteroatoms. The molecular formula is C18H17N5O5. The Morgan fingerprint density at radius 2 is 2.18 bits per heavy atom. The molecule has 1 saturated carbocycles. The highest BCUT2D eigenvalue weighted by molar-refractivity contribution is 6.41. The number of carbonyl (C=O) groups excluding carboxylic acids is 3. The van der Waals surface area contributed by atoms with Crippen molar-refractivity contribution in [2.45, 2.75) is 25.8 Å². The van der Waals surface area contributed by atoms with Crippen LogP contribution in [0.3, 0.4) is 0 Å². The maximum absolute atomic E-state index is 12.8. The summed E-state index contributed by atoms with van der Waals surface area (Å²) in [6, 6.07) is 3.27. The summed E-state index contributed by atoms with van der Waals surface area (Å²) in [5, 5.41) is 3.30. The first kappa shape index (κ1) is 17.8. The largest absolute Gasteiger partial charge is 0.463 e.